The second-order valence-electron chi connectivity index (χ2n) is 4.51. The number of benzene rings is 2. The standard InChI is InChI=1S/C15H12FN3O/c1-9-8-11(4-7-13(9)16)15-18-14(19-20-15)10-2-5-12(17)6-3-10/h2-8H,17H2,1H3. The van der Waals surface area contributed by atoms with Crippen molar-refractivity contribution in [1.82, 2.24) is 10.1 Å². The molecule has 0 spiro atoms. The van der Waals surface area contributed by atoms with E-state index in [1.165, 1.54) is 6.07 Å². The summed E-state index contributed by atoms with van der Waals surface area (Å²) >= 11 is 0. The van der Waals surface area contributed by atoms with Gasteiger partial charge in [0.05, 0.1) is 0 Å². The van der Waals surface area contributed by atoms with Crippen molar-refractivity contribution in [2.75, 3.05) is 5.73 Å². The van der Waals surface area contributed by atoms with Crippen molar-refractivity contribution >= 4 is 5.69 Å². The summed E-state index contributed by atoms with van der Waals surface area (Å²) < 4.78 is 18.5. The van der Waals surface area contributed by atoms with Gasteiger partial charge in [-0.3, -0.25) is 0 Å². The molecule has 5 heteroatoms. The molecule has 2 aromatic carbocycles. The Morgan fingerprint density at radius 1 is 1.05 bits per heavy atom. The van der Waals surface area contributed by atoms with Crippen molar-refractivity contribution in [3.05, 3.63) is 53.8 Å². The highest BCUT2D eigenvalue weighted by Gasteiger charge is 2.11. The molecule has 3 aromatic rings. The zero-order valence-electron chi connectivity index (χ0n) is 10.8. The summed E-state index contributed by atoms with van der Waals surface area (Å²) in [6.45, 7) is 1.69. The first-order chi connectivity index (χ1) is 9.63. The average Bonchev–Trinajstić information content (AvgIpc) is 2.92. The van der Waals surface area contributed by atoms with Crippen LogP contribution in [0.3, 0.4) is 0 Å². The summed E-state index contributed by atoms with van der Waals surface area (Å²) in [5, 5.41) is 3.92. The first kappa shape index (κ1) is 12.3. The molecule has 4 nitrogen and oxygen atoms in total. The van der Waals surface area contributed by atoms with Crippen molar-refractivity contribution in [2.24, 2.45) is 0 Å². The lowest BCUT2D eigenvalue weighted by Gasteiger charge is -1.98. The highest BCUT2D eigenvalue weighted by molar-refractivity contribution is 5.62. The number of aromatic nitrogens is 2. The zero-order valence-corrected chi connectivity index (χ0v) is 10.8. The molecule has 20 heavy (non-hydrogen) atoms. The van der Waals surface area contributed by atoms with Gasteiger partial charge in [0.1, 0.15) is 5.82 Å². The molecule has 100 valence electrons. The van der Waals surface area contributed by atoms with E-state index in [9.17, 15) is 4.39 Å². The van der Waals surface area contributed by atoms with Crippen LogP contribution < -0.4 is 5.73 Å². The summed E-state index contributed by atoms with van der Waals surface area (Å²) in [7, 11) is 0. The summed E-state index contributed by atoms with van der Waals surface area (Å²) in [5.41, 5.74) is 8.35. The molecule has 2 N–H and O–H groups in total. The number of aryl methyl sites for hydroxylation is 1. The van der Waals surface area contributed by atoms with Gasteiger partial charge in [0.25, 0.3) is 5.89 Å². The minimum atomic E-state index is -0.257. The summed E-state index contributed by atoms with van der Waals surface area (Å²) in [5.74, 6) is 0.578. The molecule has 3 rings (SSSR count). The van der Waals surface area contributed by atoms with Gasteiger partial charge in [0.2, 0.25) is 5.82 Å². The molecule has 0 unspecified atom stereocenters. The number of rotatable bonds is 2. The summed E-state index contributed by atoms with van der Waals surface area (Å²) in [4.78, 5) is 4.31. The maximum absolute atomic E-state index is 13.2. The van der Waals surface area contributed by atoms with Gasteiger partial charge in [0.15, 0.2) is 0 Å². The largest absolute Gasteiger partial charge is 0.399 e. The van der Waals surface area contributed by atoms with Crippen LogP contribution in [0.15, 0.2) is 47.0 Å². The molecule has 0 atom stereocenters. The molecule has 0 bridgehead atoms. The molecule has 0 saturated carbocycles. The molecule has 0 radical (unpaired) electrons. The van der Waals surface area contributed by atoms with Crippen LogP contribution in [0.4, 0.5) is 10.1 Å². The predicted molar refractivity (Wildman–Crippen MR) is 74.3 cm³/mol. The van der Waals surface area contributed by atoms with Crippen LogP contribution in [-0.2, 0) is 0 Å². The SMILES string of the molecule is Cc1cc(-c2nc(-c3ccc(N)cc3)no2)ccc1F. The Bertz CT molecular complexity index is 750. The third-order valence-electron chi connectivity index (χ3n) is 3.00. The van der Waals surface area contributed by atoms with Crippen LogP contribution in [0.5, 0.6) is 0 Å². The molecule has 0 amide bonds. The zero-order chi connectivity index (χ0) is 14.1. The number of nitrogens with zero attached hydrogens (tertiary/aromatic N) is 2. The minimum Gasteiger partial charge on any atom is -0.399 e. The number of halogens is 1. The molecule has 1 heterocycles. The highest BCUT2D eigenvalue weighted by atomic mass is 19.1. The van der Waals surface area contributed by atoms with Gasteiger partial charge >= 0.3 is 0 Å². The van der Waals surface area contributed by atoms with E-state index >= 15 is 0 Å². The van der Waals surface area contributed by atoms with E-state index in [4.69, 9.17) is 10.3 Å². The third-order valence-corrected chi connectivity index (χ3v) is 3.00. The molecule has 0 aliphatic heterocycles. The quantitative estimate of drug-likeness (QED) is 0.724. The van der Waals surface area contributed by atoms with E-state index < -0.39 is 0 Å². The lowest BCUT2D eigenvalue weighted by Crippen LogP contribution is -1.86. The van der Waals surface area contributed by atoms with E-state index in [1.807, 2.05) is 12.1 Å². The molecule has 0 fully saturated rings. The topological polar surface area (TPSA) is 64.9 Å². The Hall–Kier alpha value is -2.69. The van der Waals surface area contributed by atoms with Crippen molar-refractivity contribution < 1.29 is 8.91 Å². The second-order valence-corrected chi connectivity index (χ2v) is 4.51. The molecule has 0 saturated heterocycles. The Labute approximate surface area is 115 Å². The lowest BCUT2D eigenvalue weighted by atomic mass is 10.1. The predicted octanol–water partition coefficient (Wildman–Crippen LogP) is 3.43. The highest BCUT2D eigenvalue weighted by Crippen LogP contribution is 2.24. The first-order valence-electron chi connectivity index (χ1n) is 6.09. The van der Waals surface area contributed by atoms with Gasteiger partial charge in [0, 0.05) is 16.8 Å². The average molecular weight is 269 g/mol. The monoisotopic (exact) mass is 269 g/mol. The Morgan fingerprint density at radius 2 is 1.75 bits per heavy atom. The number of nitrogens with two attached hydrogens (primary N) is 1. The van der Waals surface area contributed by atoms with Gasteiger partial charge in [-0.05, 0) is 55.0 Å². The van der Waals surface area contributed by atoms with Gasteiger partial charge in [-0.1, -0.05) is 5.16 Å². The van der Waals surface area contributed by atoms with Gasteiger partial charge in [-0.2, -0.15) is 4.98 Å². The Kier molecular flexibility index (Phi) is 2.95. The molecular weight excluding hydrogens is 257 g/mol. The maximum Gasteiger partial charge on any atom is 0.258 e. The maximum atomic E-state index is 13.2. The van der Waals surface area contributed by atoms with E-state index in [0.29, 0.717) is 28.5 Å². The van der Waals surface area contributed by atoms with Crippen molar-refractivity contribution in [3.63, 3.8) is 0 Å². The van der Waals surface area contributed by atoms with E-state index in [-0.39, 0.29) is 5.82 Å². The first-order valence-corrected chi connectivity index (χ1v) is 6.09. The number of anilines is 1. The van der Waals surface area contributed by atoms with Gasteiger partial charge in [-0.25, -0.2) is 4.39 Å². The van der Waals surface area contributed by atoms with E-state index in [1.54, 1.807) is 31.2 Å². The van der Waals surface area contributed by atoms with Crippen LogP contribution in [0, 0.1) is 12.7 Å². The summed E-state index contributed by atoms with van der Waals surface area (Å²) in [6, 6.07) is 11.9. The Morgan fingerprint density at radius 3 is 2.45 bits per heavy atom. The molecule has 0 aliphatic carbocycles. The van der Waals surface area contributed by atoms with Gasteiger partial charge < -0.3 is 10.3 Å². The van der Waals surface area contributed by atoms with Crippen molar-refractivity contribution in [2.45, 2.75) is 6.92 Å². The normalized spacial score (nSPS) is 10.7. The Balaban J connectivity index is 1.97. The van der Waals surface area contributed by atoms with Crippen molar-refractivity contribution in [1.29, 1.82) is 0 Å². The fraction of sp³-hybridized carbons (Fsp3) is 0.0667. The van der Waals surface area contributed by atoms with Crippen LogP contribution >= 0.6 is 0 Å². The van der Waals surface area contributed by atoms with Gasteiger partial charge in [-0.15, -0.1) is 0 Å². The number of hydrogen-bond acceptors (Lipinski definition) is 4. The lowest BCUT2D eigenvalue weighted by molar-refractivity contribution is 0.432. The smallest absolute Gasteiger partial charge is 0.258 e. The van der Waals surface area contributed by atoms with Crippen LogP contribution in [0.25, 0.3) is 22.8 Å². The molecule has 1 aromatic heterocycles. The fourth-order valence-corrected chi connectivity index (χ4v) is 1.87. The van der Waals surface area contributed by atoms with Crippen molar-refractivity contribution in [3.8, 4) is 22.8 Å². The number of nitrogen functional groups attached to an aromatic ring is 1. The minimum absolute atomic E-state index is 0.257. The second kappa shape index (κ2) is 4.77. The van der Waals surface area contributed by atoms with Crippen LogP contribution in [-0.4, -0.2) is 10.1 Å². The summed E-state index contributed by atoms with van der Waals surface area (Å²) in [6.07, 6.45) is 0. The molecule has 0 aliphatic rings. The van der Waals surface area contributed by atoms with E-state index in [0.717, 1.165) is 5.56 Å². The fourth-order valence-electron chi connectivity index (χ4n) is 1.87. The molecular formula is C15H12FN3O. The number of hydrogen-bond donors (Lipinski definition) is 1. The van der Waals surface area contributed by atoms with E-state index in [2.05, 4.69) is 10.1 Å². The van der Waals surface area contributed by atoms with Crippen LogP contribution in [0.1, 0.15) is 5.56 Å². The van der Waals surface area contributed by atoms with Crippen LogP contribution in [0.2, 0.25) is 0 Å². The third kappa shape index (κ3) is 2.25.